The second kappa shape index (κ2) is 5.08. The molecule has 1 fully saturated rings. The highest BCUT2D eigenvalue weighted by Gasteiger charge is 2.40. The number of nitrogens with two attached hydrogens (primary N) is 1. The standard InChI is InChI=1S/C15H25N3O/c1-5-19-15(8-6-7-9-15)13-17-11(14(2,3)4)10-12(16)18-13/h10H,5-9H2,1-4H3,(H2,16,17,18). The summed E-state index contributed by atoms with van der Waals surface area (Å²) in [6.45, 7) is 9.13. The maximum atomic E-state index is 6.02. The first-order valence-corrected chi connectivity index (χ1v) is 7.17. The zero-order valence-electron chi connectivity index (χ0n) is 12.5. The summed E-state index contributed by atoms with van der Waals surface area (Å²) in [5.74, 6) is 1.32. The SMILES string of the molecule is CCOC1(c2nc(N)cc(C(C)(C)C)n2)CCCC1. The van der Waals surface area contributed by atoms with Gasteiger partial charge in [0, 0.05) is 18.1 Å². The molecule has 0 spiro atoms. The summed E-state index contributed by atoms with van der Waals surface area (Å²) in [6.07, 6.45) is 4.33. The first-order valence-electron chi connectivity index (χ1n) is 7.17. The van der Waals surface area contributed by atoms with Gasteiger partial charge in [-0.2, -0.15) is 0 Å². The van der Waals surface area contributed by atoms with Crippen LogP contribution >= 0.6 is 0 Å². The van der Waals surface area contributed by atoms with Gasteiger partial charge in [-0.1, -0.05) is 20.8 Å². The summed E-state index contributed by atoms with van der Waals surface area (Å²) < 4.78 is 6.02. The van der Waals surface area contributed by atoms with E-state index in [1.54, 1.807) is 0 Å². The predicted molar refractivity (Wildman–Crippen MR) is 76.9 cm³/mol. The molecule has 1 aromatic rings. The lowest BCUT2D eigenvalue weighted by Crippen LogP contribution is -2.30. The van der Waals surface area contributed by atoms with Crippen molar-refractivity contribution in [2.75, 3.05) is 12.3 Å². The monoisotopic (exact) mass is 263 g/mol. The molecule has 2 N–H and O–H groups in total. The number of rotatable bonds is 3. The second-order valence-electron chi connectivity index (χ2n) is 6.39. The zero-order valence-corrected chi connectivity index (χ0v) is 12.5. The first kappa shape index (κ1) is 14.3. The van der Waals surface area contributed by atoms with Crippen molar-refractivity contribution in [1.82, 2.24) is 9.97 Å². The van der Waals surface area contributed by atoms with Gasteiger partial charge in [-0.25, -0.2) is 9.97 Å². The smallest absolute Gasteiger partial charge is 0.162 e. The summed E-state index contributed by atoms with van der Waals surface area (Å²) in [7, 11) is 0. The summed E-state index contributed by atoms with van der Waals surface area (Å²) in [6, 6.07) is 1.87. The minimum atomic E-state index is -0.315. The number of ether oxygens (including phenoxy) is 1. The van der Waals surface area contributed by atoms with Gasteiger partial charge >= 0.3 is 0 Å². The van der Waals surface area contributed by atoms with Gasteiger partial charge in [-0.3, -0.25) is 0 Å². The maximum Gasteiger partial charge on any atom is 0.162 e. The Morgan fingerprint density at radius 2 is 1.89 bits per heavy atom. The molecular formula is C15H25N3O. The molecule has 0 aromatic carbocycles. The normalized spacial score (nSPS) is 18.7. The van der Waals surface area contributed by atoms with Crippen molar-refractivity contribution in [2.45, 2.75) is 64.4 Å². The first-order chi connectivity index (χ1) is 8.87. The quantitative estimate of drug-likeness (QED) is 0.910. The van der Waals surface area contributed by atoms with Crippen LogP contribution < -0.4 is 5.73 Å². The van der Waals surface area contributed by atoms with Gasteiger partial charge in [-0.05, 0) is 32.6 Å². The molecule has 1 aliphatic carbocycles. The van der Waals surface area contributed by atoms with Crippen LogP contribution in [0.4, 0.5) is 5.82 Å². The highest BCUT2D eigenvalue weighted by Crippen LogP contribution is 2.41. The Morgan fingerprint density at radius 3 is 2.42 bits per heavy atom. The summed E-state index contributed by atoms with van der Waals surface area (Å²) in [5, 5.41) is 0. The van der Waals surface area contributed by atoms with E-state index in [1.807, 2.05) is 13.0 Å². The summed E-state index contributed by atoms with van der Waals surface area (Å²) in [5.41, 5.74) is 6.61. The minimum absolute atomic E-state index is 0.0299. The third kappa shape index (κ3) is 2.89. The lowest BCUT2D eigenvalue weighted by Gasteiger charge is -2.29. The van der Waals surface area contributed by atoms with Crippen LogP contribution in [0.3, 0.4) is 0 Å². The van der Waals surface area contributed by atoms with Crippen molar-refractivity contribution < 1.29 is 4.74 Å². The van der Waals surface area contributed by atoms with Crippen molar-refractivity contribution in [2.24, 2.45) is 0 Å². The van der Waals surface area contributed by atoms with Crippen LogP contribution in [0.15, 0.2) is 6.07 Å². The van der Waals surface area contributed by atoms with Gasteiger partial charge in [0.05, 0.1) is 5.69 Å². The highest BCUT2D eigenvalue weighted by molar-refractivity contribution is 5.34. The fraction of sp³-hybridized carbons (Fsp3) is 0.733. The summed E-state index contributed by atoms with van der Waals surface area (Å²) in [4.78, 5) is 9.22. The molecule has 0 unspecified atom stereocenters. The van der Waals surface area contributed by atoms with E-state index in [9.17, 15) is 0 Å². The molecule has 0 amide bonds. The van der Waals surface area contributed by atoms with Gasteiger partial charge < -0.3 is 10.5 Å². The lowest BCUT2D eigenvalue weighted by molar-refractivity contribution is -0.0458. The fourth-order valence-electron chi connectivity index (χ4n) is 2.71. The van der Waals surface area contributed by atoms with Gasteiger partial charge in [0.25, 0.3) is 0 Å². The number of nitrogen functional groups attached to an aromatic ring is 1. The summed E-state index contributed by atoms with van der Waals surface area (Å²) >= 11 is 0. The molecule has 1 saturated carbocycles. The number of nitrogens with zero attached hydrogens (tertiary/aromatic N) is 2. The molecule has 2 rings (SSSR count). The van der Waals surface area contributed by atoms with Gasteiger partial charge in [0.1, 0.15) is 11.4 Å². The molecule has 106 valence electrons. The molecular weight excluding hydrogens is 238 g/mol. The molecule has 4 heteroatoms. The largest absolute Gasteiger partial charge is 0.384 e. The maximum absolute atomic E-state index is 6.02. The van der Waals surface area contributed by atoms with Crippen molar-refractivity contribution in [1.29, 1.82) is 0 Å². The Hall–Kier alpha value is -1.16. The molecule has 0 aliphatic heterocycles. The molecule has 0 atom stereocenters. The Balaban J connectivity index is 2.46. The van der Waals surface area contributed by atoms with Crippen molar-refractivity contribution in [3.63, 3.8) is 0 Å². The Morgan fingerprint density at radius 1 is 1.26 bits per heavy atom. The van der Waals surface area contributed by atoms with Gasteiger partial charge in [0.2, 0.25) is 0 Å². The number of hydrogen-bond donors (Lipinski definition) is 1. The van der Waals surface area contributed by atoms with Crippen LogP contribution in [-0.4, -0.2) is 16.6 Å². The predicted octanol–water partition coefficient (Wildman–Crippen LogP) is 3.16. The van der Waals surface area contributed by atoms with Crippen LogP contribution in [0.25, 0.3) is 0 Å². The van der Waals surface area contributed by atoms with Crippen molar-refractivity contribution >= 4 is 5.82 Å². The average Bonchev–Trinajstić information content (AvgIpc) is 2.77. The van der Waals surface area contributed by atoms with E-state index in [0.29, 0.717) is 12.4 Å². The highest BCUT2D eigenvalue weighted by atomic mass is 16.5. The van der Waals surface area contributed by atoms with Crippen LogP contribution in [0.5, 0.6) is 0 Å². The molecule has 1 aliphatic rings. The molecule has 0 bridgehead atoms. The second-order valence-corrected chi connectivity index (χ2v) is 6.39. The Bertz CT molecular complexity index is 445. The topological polar surface area (TPSA) is 61.0 Å². The van der Waals surface area contributed by atoms with Crippen molar-refractivity contribution in [3.05, 3.63) is 17.6 Å². The van der Waals surface area contributed by atoms with E-state index in [0.717, 1.165) is 24.4 Å². The van der Waals surface area contributed by atoms with Crippen molar-refractivity contribution in [3.8, 4) is 0 Å². The minimum Gasteiger partial charge on any atom is -0.384 e. The van der Waals surface area contributed by atoms with E-state index in [2.05, 4.69) is 25.8 Å². The average molecular weight is 263 g/mol. The lowest BCUT2D eigenvalue weighted by atomic mass is 9.91. The molecule has 1 heterocycles. The number of aromatic nitrogens is 2. The van der Waals surface area contributed by atoms with Gasteiger partial charge in [-0.15, -0.1) is 0 Å². The van der Waals surface area contributed by atoms with Crippen LogP contribution in [0, 0.1) is 0 Å². The van der Waals surface area contributed by atoms with Gasteiger partial charge in [0.15, 0.2) is 5.82 Å². The fourth-order valence-corrected chi connectivity index (χ4v) is 2.71. The van der Waals surface area contributed by atoms with Crippen LogP contribution in [-0.2, 0) is 15.8 Å². The molecule has 0 saturated heterocycles. The number of anilines is 1. The van der Waals surface area contributed by atoms with E-state index < -0.39 is 0 Å². The molecule has 1 aromatic heterocycles. The third-order valence-corrected chi connectivity index (χ3v) is 3.75. The van der Waals surface area contributed by atoms with E-state index >= 15 is 0 Å². The molecule has 0 radical (unpaired) electrons. The van der Waals surface area contributed by atoms with Crippen LogP contribution in [0.2, 0.25) is 0 Å². The Kier molecular flexibility index (Phi) is 3.81. The Labute approximate surface area is 115 Å². The van der Waals surface area contributed by atoms with E-state index in [1.165, 1.54) is 12.8 Å². The zero-order chi connectivity index (χ0) is 14.1. The van der Waals surface area contributed by atoms with E-state index in [4.69, 9.17) is 15.5 Å². The third-order valence-electron chi connectivity index (χ3n) is 3.75. The molecule has 4 nitrogen and oxygen atoms in total. The number of hydrogen-bond acceptors (Lipinski definition) is 4. The molecule has 19 heavy (non-hydrogen) atoms. The van der Waals surface area contributed by atoms with E-state index in [-0.39, 0.29) is 11.0 Å². The van der Waals surface area contributed by atoms with Crippen LogP contribution in [0.1, 0.15) is 64.9 Å².